The molecule has 2 unspecified atom stereocenters. The molecule has 5 nitrogen and oxygen atoms in total. The van der Waals surface area contributed by atoms with Crippen molar-refractivity contribution < 1.29 is 9.57 Å². The maximum Gasteiger partial charge on any atom is 0.106 e. The minimum atomic E-state index is 0.128. The highest BCUT2D eigenvalue weighted by molar-refractivity contribution is 5.86. The lowest BCUT2D eigenvalue weighted by molar-refractivity contribution is 0.0310. The molecule has 0 spiro atoms. The van der Waals surface area contributed by atoms with Gasteiger partial charge in [0.2, 0.25) is 0 Å². The highest BCUT2D eigenvalue weighted by atomic mass is 16.6. The zero-order chi connectivity index (χ0) is 22.8. The number of likely N-dealkylation sites (tertiary alicyclic amines) is 1. The summed E-state index contributed by atoms with van der Waals surface area (Å²) in [6, 6.07) is 7.10. The molecule has 1 aliphatic carbocycles. The third-order valence-electron chi connectivity index (χ3n) is 8.82. The fourth-order valence-corrected chi connectivity index (χ4v) is 6.81. The Hall–Kier alpha value is -1.85. The van der Waals surface area contributed by atoms with E-state index in [1.165, 1.54) is 60.9 Å². The molecule has 2 aromatic rings. The van der Waals surface area contributed by atoms with E-state index in [1.807, 2.05) is 0 Å². The molecule has 2 saturated heterocycles. The van der Waals surface area contributed by atoms with Crippen molar-refractivity contribution in [3.8, 4) is 0 Å². The van der Waals surface area contributed by atoms with Crippen LogP contribution in [0.15, 0.2) is 23.4 Å². The lowest BCUT2D eigenvalue weighted by Crippen LogP contribution is -2.46. The standard InChI is InChI=1S/C28H41N3O2/c1-4-5-21-6-7-25-23(16-21)27-20(2)24-18-31(12-8-22(24)17-26(27)30-25)13-9-28(19-29-32-3)10-14-33-15-11-28/h6-7,16,19-20,22,24,30H,4-5,8-15,17-18H2,1-3H3/b29-19+/t20-,22?,24?/m1/s1. The van der Waals surface area contributed by atoms with Gasteiger partial charge in [0.1, 0.15) is 7.11 Å². The van der Waals surface area contributed by atoms with E-state index in [0.29, 0.717) is 5.92 Å². The summed E-state index contributed by atoms with van der Waals surface area (Å²) in [6.07, 6.45) is 10.2. The number of oxime groups is 1. The fraction of sp³-hybridized carbons (Fsp3) is 0.679. The normalized spacial score (nSPS) is 27.5. The number of ether oxygens (including phenoxy) is 1. The van der Waals surface area contributed by atoms with Crippen molar-refractivity contribution in [3.05, 3.63) is 35.0 Å². The Morgan fingerprint density at radius 3 is 2.94 bits per heavy atom. The molecule has 3 atom stereocenters. The van der Waals surface area contributed by atoms with E-state index in [2.05, 4.69) is 53.3 Å². The molecule has 33 heavy (non-hydrogen) atoms. The predicted molar refractivity (Wildman–Crippen MR) is 135 cm³/mol. The van der Waals surface area contributed by atoms with Crippen molar-refractivity contribution in [2.75, 3.05) is 40.0 Å². The smallest absolute Gasteiger partial charge is 0.106 e. The monoisotopic (exact) mass is 451 g/mol. The molecular formula is C28H41N3O2. The largest absolute Gasteiger partial charge is 0.399 e. The topological polar surface area (TPSA) is 49.9 Å². The molecule has 1 aromatic heterocycles. The van der Waals surface area contributed by atoms with Crippen LogP contribution in [0.3, 0.4) is 0 Å². The Kier molecular flexibility index (Phi) is 6.80. The number of hydrogen-bond acceptors (Lipinski definition) is 4. The van der Waals surface area contributed by atoms with Gasteiger partial charge in [-0.25, -0.2) is 0 Å². The number of aromatic amines is 1. The first-order valence-electron chi connectivity index (χ1n) is 13.1. The number of H-pyrrole nitrogens is 1. The van der Waals surface area contributed by atoms with Crippen molar-refractivity contribution in [2.45, 2.75) is 64.7 Å². The first kappa shape index (κ1) is 22.9. The van der Waals surface area contributed by atoms with Gasteiger partial charge >= 0.3 is 0 Å². The summed E-state index contributed by atoms with van der Waals surface area (Å²) in [5, 5.41) is 5.66. The first-order valence-corrected chi connectivity index (χ1v) is 13.1. The average molecular weight is 452 g/mol. The second-order valence-corrected chi connectivity index (χ2v) is 10.8. The number of piperidine rings is 1. The van der Waals surface area contributed by atoms with Gasteiger partial charge in [0.05, 0.1) is 6.21 Å². The molecule has 1 N–H and O–H groups in total. The maximum atomic E-state index is 5.65. The van der Waals surface area contributed by atoms with E-state index in [1.54, 1.807) is 12.7 Å². The predicted octanol–water partition coefficient (Wildman–Crippen LogP) is 5.54. The summed E-state index contributed by atoms with van der Waals surface area (Å²) in [4.78, 5) is 11.6. The van der Waals surface area contributed by atoms with Gasteiger partial charge in [-0.05, 0) is 92.6 Å². The van der Waals surface area contributed by atoms with Crippen LogP contribution in [-0.4, -0.2) is 56.1 Å². The molecular weight excluding hydrogens is 410 g/mol. The van der Waals surface area contributed by atoms with Crippen LogP contribution in [-0.2, 0) is 22.4 Å². The number of fused-ring (bicyclic) bond motifs is 4. The Bertz CT molecular complexity index is 975. The van der Waals surface area contributed by atoms with Crippen molar-refractivity contribution in [2.24, 2.45) is 22.4 Å². The third-order valence-corrected chi connectivity index (χ3v) is 8.82. The molecule has 0 radical (unpaired) electrons. The molecule has 0 bridgehead atoms. The second-order valence-electron chi connectivity index (χ2n) is 10.8. The minimum Gasteiger partial charge on any atom is -0.399 e. The van der Waals surface area contributed by atoms with Gasteiger partial charge in [-0.15, -0.1) is 0 Å². The maximum absolute atomic E-state index is 5.65. The molecule has 5 rings (SSSR count). The van der Waals surface area contributed by atoms with Gasteiger partial charge in [-0.3, -0.25) is 0 Å². The highest BCUT2D eigenvalue weighted by Gasteiger charge is 2.40. The lowest BCUT2D eigenvalue weighted by Gasteiger charge is -2.45. The van der Waals surface area contributed by atoms with Crippen LogP contribution in [0.4, 0.5) is 0 Å². The van der Waals surface area contributed by atoms with Crippen molar-refractivity contribution in [1.82, 2.24) is 9.88 Å². The van der Waals surface area contributed by atoms with E-state index in [0.717, 1.165) is 50.9 Å². The van der Waals surface area contributed by atoms with Crippen LogP contribution in [0.25, 0.3) is 10.9 Å². The van der Waals surface area contributed by atoms with E-state index >= 15 is 0 Å². The molecule has 3 heterocycles. The van der Waals surface area contributed by atoms with Gasteiger partial charge in [0.15, 0.2) is 0 Å². The van der Waals surface area contributed by atoms with Crippen LogP contribution in [0.5, 0.6) is 0 Å². The van der Waals surface area contributed by atoms with E-state index in [4.69, 9.17) is 9.57 Å². The van der Waals surface area contributed by atoms with Gasteiger partial charge in [-0.1, -0.05) is 31.5 Å². The Morgan fingerprint density at radius 2 is 2.15 bits per heavy atom. The van der Waals surface area contributed by atoms with Gasteiger partial charge < -0.3 is 19.5 Å². The van der Waals surface area contributed by atoms with Crippen LogP contribution >= 0.6 is 0 Å². The number of nitrogens with zero attached hydrogens (tertiary/aromatic N) is 2. The van der Waals surface area contributed by atoms with Crippen LogP contribution in [0, 0.1) is 17.3 Å². The summed E-state index contributed by atoms with van der Waals surface area (Å²) in [5.41, 5.74) is 6.06. The van der Waals surface area contributed by atoms with E-state index in [-0.39, 0.29) is 5.41 Å². The first-order chi connectivity index (χ1) is 16.1. The van der Waals surface area contributed by atoms with Gasteiger partial charge in [-0.2, -0.15) is 0 Å². The van der Waals surface area contributed by atoms with Crippen molar-refractivity contribution >= 4 is 17.1 Å². The Morgan fingerprint density at radius 1 is 1.30 bits per heavy atom. The Labute approximate surface area is 198 Å². The summed E-state index contributed by atoms with van der Waals surface area (Å²) in [7, 11) is 1.64. The van der Waals surface area contributed by atoms with Crippen LogP contribution in [0.1, 0.15) is 68.7 Å². The molecule has 180 valence electrons. The van der Waals surface area contributed by atoms with Gasteiger partial charge in [0.25, 0.3) is 0 Å². The lowest BCUT2D eigenvalue weighted by atomic mass is 9.68. The van der Waals surface area contributed by atoms with Crippen molar-refractivity contribution in [1.29, 1.82) is 0 Å². The fourth-order valence-electron chi connectivity index (χ4n) is 6.81. The summed E-state index contributed by atoms with van der Waals surface area (Å²) < 4.78 is 5.65. The number of aryl methyl sites for hydroxylation is 1. The summed E-state index contributed by atoms with van der Waals surface area (Å²) in [5.74, 6) is 2.16. The van der Waals surface area contributed by atoms with E-state index in [9.17, 15) is 0 Å². The third kappa shape index (κ3) is 4.59. The zero-order valence-electron chi connectivity index (χ0n) is 20.7. The molecule has 0 amide bonds. The number of hydrogen-bond donors (Lipinski definition) is 1. The van der Waals surface area contributed by atoms with Crippen molar-refractivity contribution in [3.63, 3.8) is 0 Å². The molecule has 3 aliphatic rings. The minimum absolute atomic E-state index is 0.128. The second kappa shape index (κ2) is 9.79. The molecule has 2 fully saturated rings. The highest BCUT2D eigenvalue weighted by Crippen LogP contribution is 2.46. The van der Waals surface area contributed by atoms with Crippen LogP contribution in [0.2, 0.25) is 0 Å². The molecule has 5 heteroatoms. The quantitative estimate of drug-likeness (QED) is 0.444. The SMILES string of the molecule is CCCc1ccc2[nH]c3c(c2c1)[C@H](C)C1CN(CCC2(/C=N/OC)CCOCC2)CCC1C3. The van der Waals surface area contributed by atoms with E-state index < -0.39 is 0 Å². The van der Waals surface area contributed by atoms with Crippen LogP contribution < -0.4 is 0 Å². The zero-order valence-corrected chi connectivity index (χ0v) is 20.7. The summed E-state index contributed by atoms with van der Waals surface area (Å²) >= 11 is 0. The van der Waals surface area contributed by atoms with Gasteiger partial charge in [0, 0.05) is 41.8 Å². The number of aromatic nitrogens is 1. The Balaban J connectivity index is 1.31. The molecule has 2 aliphatic heterocycles. The molecule has 1 aromatic carbocycles. The number of nitrogens with one attached hydrogen (secondary N) is 1. The average Bonchev–Trinajstić information content (AvgIpc) is 3.20. The number of rotatable bonds is 7. The summed E-state index contributed by atoms with van der Waals surface area (Å²) in [6.45, 7) is 10.0. The number of benzene rings is 1. The molecule has 0 saturated carbocycles.